The number of ether oxygens (including phenoxy) is 1. The van der Waals surface area contributed by atoms with Crippen LogP contribution in [0.25, 0.3) is 0 Å². The number of fused-ring (bicyclic) bond motifs is 2. The van der Waals surface area contributed by atoms with Gasteiger partial charge in [0, 0.05) is 34.6 Å². The maximum absolute atomic E-state index is 11.5. The summed E-state index contributed by atoms with van der Waals surface area (Å²) in [7, 11) is 0. The van der Waals surface area contributed by atoms with Crippen LogP contribution in [0.1, 0.15) is 20.3 Å². The Bertz CT molecular complexity index is 602. The molecule has 0 bridgehead atoms. The Labute approximate surface area is 129 Å². The Morgan fingerprint density at radius 1 is 1.43 bits per heavy atom. The summed E-state index contributed by atoms with van der Waals surface area (Å²) in [6, 6.07) is 6.70. The van der Waals surface area contributed by atoms with Crippen LogP contribution in [0.2, 0.25) is 0 Å². The highest BCUT2D eigenvalue weighted by molar-refractivity contribution is 8.00. The summed E-state index contributed by atoms with van der Waals surface area (Å²) in [4.78, 5) is 12.7. The number of benzene rings is 1. The first-order valence-electron chi connectivity index (χ1n) is 7.50. The Kier molecular flexibility index (Phi) is 2.98. The monoisotopic (exact) mass is 304 g/mol. The summed E-state index contributed by atoms with van der Waals surface area (Å²) in [5, 5.41) is 6.62. The summed E-state index contributed by atoms with van der Waals surface area (Å²) in [5.74, 6) is 1.20. The van der Waals surface area contributed by atoms with Crippen molar-refractivity contribution in [2.75, 3.05) is 23.0 Å². The molecule has 1 aromatic rings. The first kappa shape index (κ1) is 13.5. The number of hydrogen-bond acceptors (Lipinski definition) is 4. The van der Waals surface area contributed by atoms with Crippen molar-refractivity contribution in [3.8, 4) is 0 Å². The number of thioether (sulfide) groups is 1. The first-order chi connectivity index (χ1) is 10.1. The van der Waals surface area contributed by atoms with Crippen molar-refractivity contribution < 1.29 is 9.53 Å². The fraction of sp³-hybridized carbons (Fsp3) is 0.562. The predicted molar refractivity (Wildman–Crippen MR) is 84.8 cm³/mol. The first-order valence-corrected chi connectivity index (χ1v) is 8.49. The smallest absolute Gasteiger partial charge is 0.234 e. The minimum Gasteiger partial charge on any atom is -0.381 e. The zero-order valence-corrected chi connectivity index (χ0v) is 13.1. The SMILES string of the molecule is CC1(C)C(Nc2ccc3c(c2)NC(=O)CS3)C2CCOC21. The molecule has 2 heterocycles. The second kappa shape index (κ2) is 4.65. The Morgan fingerprint density at radius 2 is 2.29 bits per heavy atom. The number of nitrogens with one attached hydrogen (secondary N) is 2. The second-order valence-corrected chi connectivity index (χ2v) is 7.75. The van der Waals surface area contributed by atoms with Crippen molar-refractivity contribution in [1.29, 1.82) is 0 Å². The van der Waals surface area contributed by atoms with Gasteiger partial charge >= 0.3 is 0 Å². The van der Waals surface area contributed by atoms with Crippen LogP contribution < -0.4 is 10.6 Å². The lowest BCUT2D eigenvalue weighted by atomic mass is 9.57. The standard InChI is InChI=1S/C16H20N2O2S/c1-16(2)14(10-5-6-20-15(10)16)17-9-3-4-12-11(7-9)18-13(19)8-21-12/h3-4,7,10,14-15,17H,5-6,8H2,1-2H3,(H,18,19). The number of anilines is 2. The van der Waals surface area contributed by atoms with Crippen LogP contribution in [0.5, 0.6) is 0 Å². The van der Waals surface area contributed by atoms with Gasteiger partial charge in [-0.05, 0) is 24.6 Å². The van der Waals surface area contributed by atoms with Gasteiger partial charge in [0.1, 0.15) is 0 Å². The molecule has 3 aliphatic rings. The van der Waals surface area contributed by atoms with E-state index < -0.39 is 0 Å². The molecule has 2 fully saturated rings. The molecule has 1 aromatic carbocycles. The molecule has 0 aromatic heterocycles. The van der Waals surface area contributed by atoms with E-state index in [9.17, 15) is 4.79 Å². The van der Waals surface area contributed by atoms with E-state index in [4.69, 9.17) is 4.74 Å². The second-order valence-electron chi connectivity index (χ2n) is 6.74. The summed E-state index contributed by atoms with van der Waals surface area (Å²) in [5.41, 5.74) is 2.17. The lowest BCUT2D eigenvalue weighted by Gasteiger charge is -2.55. The van der Waals surface area contributed by atoms with Crippen molar-refractivity contribution in [3.05, 3.63) is 18.2 Å². The van der Waals surface area contributed by atoms with Gasteiger partial charge in [-0.2, -0.15) is 0 Å². The molecular weight excluding hydrogens is 284 g/mol. The van der Waals surface area contributed by atoms with Crippen LogP contribution in [0.3, 0.4) is 0 Å². The number of hydrogen-bond donors (Lipinski definition) is 2. The van der Waals surface area contributed by atoms with E-state index >= 15 is 0 Å². The molecule has 1 amide bonds. The molecule has 2 N–H and O–H groups in total. The molecule has 0 spiro atoms. The van der Waals surface area contributed by atoms with Gasteiger partial charge in [0.25, 0.3) is 0 Å². The molecular formula is C16H20N2O2S. The van der Waals surface area contributed by atoms with Crippen molar-refractivity contribution in [3.63, 3.8) is 0 Å². The number of carbonyl (C=O) groups excluding carboxylic acids is 1. The van der Waals surface area contributed by atoms with E-state index in [-0.39, 0.29) is 11.3 Å². The molecule has 4 rings (SSSR count). The van der Waals surface area contributed by atoms with Crippen LogP contribution in [0.15, 0.2) is 23.1 Å². The Morgan fingerprint density at radius 3 is 3.14 bits per heavy atom. The highest BCUT2D eigenvalue weighted by Crippen LogP contribution is 2.53. The average molecular weight is 304 g/mol. The largest absolute Gasteiger partial charge is 0.381 e. The molecule has 1 saturated heterocycles. The van der Waals surface area contributed by atoms with Gasteiger partial charge < -0.3 is 15.4 Å². The van der Waals surface area contributed by atoms with Crippen molar-refractivity contribution in [2.45, 2.75) is 37.3 Å². The van der Waals surface area contributed by atoms with E-state index in [0.29, 0.717) is 23.8 Å². The summed E-state index contributed by atoms with van der Waals surface area (Å²) < 4.78 is 5.84. The molecule has 1 saturated carbocycles. The fourth-order valence-electron chi connectivity index (χ4n) is 3.97. The number of carbonyl (C=O) groups is 1. The van der Waals surface area contributed by atoms with Crippen molar-refractivity contribution in [2.24, 2.45) is 11.3 Å². The van der Waals surface area contributed by atoms with Crippen molar-refractivity contribution in [1.82, 2.24) is 0 Å². The molecule has 4 nitrogen and oxygen atoms in total. The van der Waals surface area contributed by atoms with Crippen LogP contribution in [-0.4, -0.2) is 30.4 Å². The van der Waals surface area contributed by atoms with E-state index in [1.54, 1.807) is 11.8 Å². The molecule has 3 unspecified atom stereocenters. The van der Waals surface area contributed by atoms with Crippen molar-refractivity contribution >= 4 is 29.0 Å². The minimum atomic E-state index is 0.0814. The molecule has 1 aliphatic carbocycles. The van der Waals surface area contributed by atoms with E-state index in [1.807, 2.05) is 0 Å². The van der Waals surface area contributed by atoms with Crippen LogP contribution in [-0.2, 0) is 9.53 Å². The van der Waals surface area contributed by atoms with Gasteiger partial charge in [0.15, 0.2) is 0 Å². The maximum atomic E-state index is 11.5. The minimum absolute atomic E-state index is 0.0814. The third-order valence-electron chi connectivity index (χ3n) is 5.04. The third-order valence-corrected chi connectivity index (χ3v) is 6.11. The van der Waals surface area contributed by atoms with Gasteiger partial charge in [0.2, 0.25) is 5.91 Å². The lowest BCUT2D eigenvalue weighted by Crippen LogP contribution is -2.63. The quantitative estimate of drug-likeness (QED) is 0.882. The summed E-state index contributed by atoms with van der Waals surface area (Å²) in [6.07, 6.45) is 1.53. The van der Waals surface area contributed by atoms with Gasteiger partial charge in [-0.15, -0.1) is 11.8 Å². The summed E-state index contributed by atoms with van der Waals surface area (Å²) >= 11 is 1.60. The zero-order chi connectivity index (χ0) is 14.6. The van der Waals surface area contributed by atoms with E-state index in [0.717, 1.165) is 29.3 Å². The fourth-order valence-corrected chi connectivity index (χ4v) is 4.76. The normalized spacial score (nSPS) is 32.7. The molecule has 112 valence electrons. The Hall–Kier alpha value is -1.20. The van der Waals surface area contributed by atoms with Crippen LogP contribution in [0.4, 0.5) is 11.4 Å². The molecule has 5 heteroatoms. The Balaban J connectivity index is 1.55. The van der Waals surface area contributed by atoms with Gasteiger partial charge in [0.05, 0.1) is 17.5 Å². The molecule has 2 aliphatic heterocycles. The maximum Gasteiger partial charge on any atom is 0.234 e. The number of amides is 1. The van der Waals surface area contributed by atoms with Gasteiger partial charge in [-0.1, -0.05) is 13.8 Å². The zero-order valence-electron chi connectivity index (χ0n) is 12.3. The molecule has 21 heavy (non-hydrogen) atoms. The highest BCUT2D eigenvalue weighted by Gasteiger charge is 2.59. The highest BCUT2D eigenvalue weighted by atomic mass is 32.2. The van der Waals surface area contributed by atoms with Crippen LogP contribution >= 0.6 is 11.8 Å². The lowest BCUT2D eigenvalue weighted by molar-refractivity contribution is -0.113. The summed E-state index contributed by atoms with van der Waals surface area (Å²) in [6.45, 7) is 5.42. The molecule has 3 atom stereocenters. The van der Waals surface area contributed by atoms with E-state index in [1.165, 1.54) is 0 Å². The van der Waals surface area contributed by atoms with Gasteiger partial charge in [-0.3, -0.25) is 4.79 Å². The predicted octanol–water partition coefficient (Wildman–Crippen LogP) is 2.96. The van der Waals surface area contributed by atoms with Crippen LogP contribution in [0, 0.1) is 11.3 Å². The average Bonchev–Trinajstić information content (AvgIpc) is 2.91. The third kappa shape index (κ3) is 2.06. The topological polar surface area (TPSA) is 50.4 Å². The van der Waals surface area contributed by atoms with E-state index in [2.05, 4.69) is 42.7 Å². The van der Waals surface area contributed by atoms with Gasteiger partial charge in [-0.25, -0.2) is 0 Å². The number of rotatable bonds is 2. The molecule has 0 radical (unpaired) electrons.